The van der Waals surface area contributed by atoms with Crippen LogP contribution in [0.4, 0.5) is 5.82 Å². The number of rotatable bonds is 19. The van der Waals surface area contributed by atoms with Crippen LogP contribution in [0.3, 0.4) is 0 Å². The van der Waals surface area contributed by atoms with Gasteiger partial charge in [-0.05, 0) is 67.9 Å². The number of thioether (sulfide) groups is 1. The van der Waals surface area contributed by atoms with E-state index in [0.717, 1.165) is 5.56 Å². The average molecular weight is 728 g/mol. The Hall–Kier alpha value is -4.99. The Labute approximate surface area is 307 Å². The van der Waals surface area contributed by atoms with E-state index in [2.05, 4.69) is 32.6 Å². The fourth-order valence-corrected chi connectivity index (χ4v) is 5.78. The van der Waals surface area contributed by atoms with Crippen molar-refractivity contribution in [2.45, 2.75) is 42.6 Å². The van der Waals surface area contributed by atoms with E-state index in [0.29, 0.717) is 70.2 Å². The summed E-state index contributed by atoms with van der Waals surface area (Å²) < 4.78 is 22.5. The van der Waals surface area contributed by atoms with E-state index in [1.165, 1.54) is 18.0 Å². The standard InChI is InChI=1S/C34H36B2ClN7O6S/c35-41-13-1-3-29(45)48-19-26(50-30(46)4-2-14-42-36)18-47-25-11-7-21(8-12-25)31-27(15-38)32(40)44-34(28(31)16-39)51-20-24-17-49-33(43-24)22-5-9-23(37)10-6-22/h5-12,17,26,41-42H,1-4,13-14,18-20,35-36H2,(H2,40,44)/t26-/m1/s1. The lowest BCUT2D eigenvalue weighted by atomic mass is 9.97. The van der Waals surface area contributed by atoms with Crippen molar-refractivity contribution in [3.63, 3.8) is 0 Å². The van der Waals surface area contributed by atoms with E-state index in [4.69, 9.17) is 36.0 Å². The molecule has 0 radical (unpaired) electrons. The molecule has 262 valence electrons. The lowest BCUT2D eigenvalue weighted by Crippen LogP contribution is -2.31. The summed E-state index contributed by atoms with van der Waals surface area (Å²) in [6.45, 7) is 1.10. The minimum absolute atomic E-state index is 0.0174. The van der Waals surface area contributed by atoms with Gasteiger partial charge in [0.1, 0.15) is 53.8 Å². The van der Waals surface area contributed by atoms with Crippen LogP contribution in [-0.4, -0.2) is 70.3 Å². The Morgan fingerprint density at radius 2 is 1.57 bits per heavy atom. The number of nitrogens with zero attached hydrogens (tertiary/aromatic N) is 4. The number of nitrogen functional groups attached to an aromatic ring is 1. The number of esters is 2. The third-order valence-corrected chi connectivity index (χ3v) is 8.60. The first-order valence-electron chi connectivity index (χ1n) is 16.1. The zero-order valence-electron chi connectivity index (χ0n) is 28.2. The first-order chi connectivity index (χ1) is 24.8. The molecule has 2 heterocycles. The normalized spacial score (nSPS) is 11.3. The second-order valence-corrected chi connectivity index (χ2v) is 12.5. The van der Waals surface area contributed by atoms with Gasteiger partial charge in [-0.15, -0.1) is 0 Å². The van der Waals surface area contributed by atoms with Gasteiger partial charge in [0, 0.05) is 34.7 Å². The molecule has 0 saturated carbocycles. The van der Waals surface area contributed by atoms with Crippen LogP contribution in [0.2, 0.25) is 5.02 Å². The van der Waals surface area contributed by atoms with Crippen molar-refractivity contribution in [1.29, 1.82) is 10.5 Å². The summed E-state index contributed by atoms with van der Waals surface area (Å²) in [7, 11) is 3.59. The number of halogens is 1. The van der Waals surface area contributed by atoms with Crippen LogP contribution >= 0.6 is 23.4 Å². The third-order valence-electron chi connectivity index (χ3n) is 7.34. The molecule has 4 rings (SSSR count). The van der Waals surface area contributed by atoms with Crippen LogP contribution in [0.25, 0.3) is 22.6 Å². The summed E-state index contributed by atoms with van der Waals surface area (Å²) in [6, 6.07) is 18.1. The van der Waals surface area contributed by atoms with Gasteiger partial charge in [0.25, 0.3) is 0 Å². The van der Waals surface area contributed by atoms with Crippen molar-refractivity contribution >= 4 is 57.1 Å². The molecule has 0 saturated heterocycles. The molecule has 2 aromatic carbocycles. The summed E-state index contributed by atoms with van der Waals surface area (Å²) in [5.74, 6) is 0.326. The first kappa shape index (κ1) is 38.8. The molecule has 0 amide bonds. The smallest absolute Gasteiger partial charge is 0.306 e. The molecule has 4 N–H and O–H groups in total. The van der Waals surface area contributed by atoms with E-state index < -0.39 is 18.0 Å². The Kier molecular flexibility index (Phi) is 15.2. The van der Waals surface area contributed by atoms with Crippen LogP contribution in [0.1, 0.15) is 42.5 Å². The van der Waals surface area contributed by atoms with Gasteiger partial charge in [0.05, 0.1) is 11.3 Å². The highest BCUT2D eigenvalue weighted by Gasteiger charge is 2.22. The second-order valence-electron chi connectivity index (χ2n) is 11.1. The predicted molar refractivity (Wildman–Crippen MR) is 198 cm³/mol. The molecule has 0 aliphatic heterocycles. The molecule has 4 aromatic rings. The van der Waals surface area contributed by atoms with E-state index in [-0.39, 0.29) is 43.0 Å². The van der Waals surface area contributed by atoms with Crippen molar-refractivity contribution in [3.8, 4) is 40.5 Å². The summed E-state index contributed by atoms with van der Waals surface area (Å²) in [4.78, 5) is 33.5. The molecule has 0 aliphatic rings. The van der Waals surface area contributed by atoms with Crippen molar-refractivity contribution in [2.75, 3.05) is 32.0 Å². The number of anilines is 1. The van der Waals surface area contributed by atoms with Crippen molar-refractivity contribution in [1.82, 2.24) is 20.4 Å². The van der Waals surface area contributed by atoms with Crippen LogP contribution in [-0.2, 0) is 24.8 Å². The van der Waals surface area contributed by atoms with Gasteiger partial charge in [-0.2, -0.15) is 10.5 Å². The molecule has 1 atom stereocenters. The summed E-state index contributed by atoms with van der Waals surface area (Å²) in [5, 5.41) is 27.1. The predicted octanol–water partition coefficient (Wildman–Crippen LogP) is 3.34. The number of pyridine rings is 1. The van der Waals surface area contributed by atoms with Gasteiger partial charge in [0.15, 0.2) is 22.1 Å². The molecule has 0 spiro atoms. The molecular formula is C34H36B2ClN7O6S. The average Bonchev–Trinajstić information content (AvgIpc) is 3.61. The molecule has 0 bridgehead atoms. The van der Waals surface area contributed by atoms with Crippen molar-refractivity contribution in [3.05, 3.63) is 76.6 Å². The molecule has 2 aromatic heterocycles. The number of hydrogen-bond donors (Lipinski definition) is 3. The summed E-state index contributed by atoms with van der Waals surface area (Å²) >= 11 is 7.23. The maximum Gasteiger partial charge on any atom is 0.306 e. The molecule has 0 aliphatic carbocycles. The van der Waals surface area contributed by atoms with Crippen molar-refractivity contribution in [2.24, 2.45) is 0 Å². The van der Waals surface area contributed by atoms with E-state index in [1.807, 2.05) is 0 Å². The van der Waals surface area contributed by atoms with E-state index in [9.17, 15) is 20.1 Å². The number of carbonyl (C=O) groups is 2. The van der Waals surface area contributed by atoms with Crippen LogP contribution in [0, 0.1) is 22.7 Å². The number of nitrogens with two attached hydrogens (primary N) is 1. The zero-order valence-corrected chi connectivity index (χ0v) is 29.8. The molecule has 13 nitrogen and oxygen atoms in total. The number of oxazole rings is 1. The molecule has 0 fully saturated rings. The Morgan fingerprint density at radius 3 is 2.22 bits per heavy atom. The number of ether oxygens (including phenoxy) is 3. The number of aromatic nitrogens is 2. The maximum atomic E-state index is 12.4. The molecule has 0 unspecified atom stereocenters. The zero-order chi connectivity index (χ0) is 36.6. The SMILES string of the molecule is BNCCCC(=O)OC[C@@H](COc1ccc(-c2c(C#N)c(N)nc(SCc3coc(-c4ccc(Cl)cc4)n3)c2C#N)cc1)OC(=O)CCCNB. The largest absolute Gasteiger partial charge is 0.490 e. The number of carbonyl (C=O) groups excluding carboxylic acids is 2. The van der Waals surface area contributed by atoms with E-state index in [1.54, 1.807) is 64.5 Å². The Morgan fingerprint density at radius 1 is 0.922 bits per heavy atom. The number of hydrogen-bond acceptors (Lipinski definition) is 14. The summed E-state index contributed by atoms with van der Waals surface area (Å²) in [5.41, 5.74) is 8.73. The maximum absolute atomic E-state index is 12.4. The second kappa shape index (κ2) is 20.0. The highest BCUT2D eigenvalue weighted by molar-refractivity contribution is 7.98. The fourth-order valence-electron chi connectivity index (χ4n) is 4.78. The third kappa shape index (κ3) is 11.5. The van der Waals surface area contributed by atoms with Crippen molar-refractivity contribution < 1.29 is 28.2 Å². The van der Waals surface area contributed by atoms with E-state index >= 15 is 0 Å². The van der Waals surface area contributed by atoms with Gasteiger partial charge in [-0.25, -0.2) is 9.97 Å². The fraction of sp³-hybridized carbons (Fsp3) is 0.294. The van der Waals surface area contributed by atoms with Gasteiger partial charge >= 0.3 is 11.9 Å². The molecule has 51 heavy (non-hydrogen) atoms. The topological polar surface area (TPSA) is 198 Å². The highest BCUT2D eigenvalue weighted by Crippen LogP contribution is 2.37. The molecule has 17 heteroatoms. The van der Waals surface area contributed by atoms with Crippen LogP contribution in [0.5, 0.6) is 5.75 Å². The van der Waals surface area contributed by atoms with Crippen LogP contribution in [0.15, 0.2) is 64.2 Å². The number of nitrogens with one attached hydrogen (secondary N) is 2. The Bertz CT molecular complexity index is 1870. The minimum atomic E-state index is -0.832. The Balaban J connectivity index is 1.47. The molecular weight excluding hydrogens is 692 g/mol. The van der Waals surface area contributed by atoms with Gasteiger partial charge in [-0.1, -0.05) is 35.5 Å². The van der Waals surface area contributed by atoms with Gasteiger partial charge in [-0.3, -0.25) is 9.59 Å². The summed E-state index contributed by atoms with van der Waals surface area (Å²) in [6.07, 6.45) is 2.33. The minimum Gasteiger partial charge on any atom is -0.490 e. The lowest BCUT2D eigenvalue weighted by Gasteiger charge is -2.19. The highest BCUT2D eigenvalue weighted by atomic mass is 35.5. The first-order valence-corrected chi connectivity index (χ1v) is 17.5. The number of nitriles is 2. The lowest BCUT2D eigenvalue weighted by molar-refractivity contribution is -0.161. The van der Waals surface area contributed by atoms with Crippen LogP contribution < -0.4 is 20.9 Å². The van der Waals surface area contributed by atoms with Gasteiger partial charge < -0.3 is 34.8 Å². The monoisotopic (exact) mass is 727 g/mol. The quantitative estimate of drug-likeness (QED) is 0.0550. The van der Waals surface area contributed by atoms with Gasteiger partial charge in [0.2, 0.25) is 5.89 Å². The number of benzene rings is 2.